The van der Waals surface area contributed by atoms with E-state index in [4.69, 9.17) is 0 Å². The van der Waals surface area contributed by atoms with Gasteiger partial charge in [-0.25, -0.2) is 4.79 Å². The summed E-state index contributed by atoms with van der Waals surface area (Å²) in [5.74, 6) is 0.655. The molecule has 3 amide bonds. The number of benzene rings is 2. The Kier molecular flexibility index (Phi) is 9.13. The number of rotatable bonds is 9. The Hall–Kier alpha value is -3.28. The molecule has 38 heavy (non-hydrogen) atoms. The van der Waals surface area contributed by atoms with Crippen LogP contribution in [0.3, 0.4) is 0 Å². The highest BCUT2D eigenvalue weighted by atomic mass is 16.2. The number of amides is 3. The quantitative estimate of drug-likeness (QED) is 0.239. The zero-order valence-electron chi connectivity index (χ0n) is 23.6. The van der Waals surface area contributed by atoms with Gasteiger partial charge in [0.2, 0.25) is 5.91 Å². The largest absolute Gasteiger partial charge is 0.361 e. The smallest absolute Gasteiger partial charge is 0.319 e. The van der Waals surface area contributed by atoms with Gasteiger partial charge in [0.05, 0.1) is 0 Å². The second-order valence-electron chi connectivity index (χ2n) is 11.5. The molecule has 4 N–H and O–H groups in total. The Bertz CT molecular complexity index is 1210. The van der Waals surface area contributed by atoms with Gasteiger partial charge in [-0.2, -0.15) is 0 Å². The molecule has 0 bridgehead atoms. The minimum atomic E-state index is -0.716. The van der Waals surface area contributed by atoms with E-state index in [1.165, 1.54) is 19.3 Å². The minimum absolute atomic E-state index is 0.135. The van der Waals surface area contributed by atoms with Crippen LogP contribution in [-0.4, -0.2) is 29.5 Å². The molecule has 6 heteroatoms. The number of nitrogens with one attached hydrogen (secondary N) is 4. The molecule has 2 atom stereocenters. The fraction of sp³-hybridized carbons (Fsp3) is 0.500. The molecule has 4 rings (SSSR count). The predicted molar refractivity (Wildman–Crippen MR) is 157 cm³/mol. The van der Waals surface area contributed by atoms with E-state index in [1.54, 1.807) is 0 Å². The molecule has 0 aliphatic heterocycles. The molecule has 2 unspecified atom stereocenters. The number of carbonyl (C=O) groups is 2. The second-order valence-corrected chi connectivity index (χ2v) is 11.5. The molecule has 1 saturated carbocycles. The number of aromatic nitrogens is 1. The fourth-order valence-corrected chi connectivity index (χ4v) is 5.80. The SMILES string of the molecule is CC(C)c1cccc(C(C)C)c1NC(=O)NC(C(=O)NCC1CCCCC1)C(C)c1c[nH]c2ccccc12. The maximum atomic E-state index is 13.6. The van der Waals surface area contributed by atoms with Crippen LogP contribution in [-0.2, 0) is 4.79 Å². The lowest BCUT2D eigenvalue weighted by molar-refractivity contribution is -0.123. The Morgan fingerprint density at radius 2 is 1.53 bits per heavy atom. The summed E-state index contributed by atoms with van der Waals surface area (Å²) in [6.45, 7) is 11.2. The topological polar surface area (TPSA) is 86.0 Å². The van der Waals surface area contributed by atoms with E-state index in [1.807, 2.05) is 37.4 Å². The van der Waals surface area contributed by atoms with Crippen LogP contribution in [0.5, 0.6) is 0 Å². The van der Waals surface area contributed by atoms with Gasteiger partial charge in [-0.05, 0) is 53.4 Å². The Morgan fingerprint density at radius 3 is 2.18 bits per heavy atom. The van der Waals surface area contributed by atoms with Crippen molar-refractivity contribution in [2.45, 2.75) is 90.5 Å². The maximum Gasteiger partial charge on any atom is 0.319 e. The summed E-state index contributed by atoms with van der Waals surface area (Å²) < 4.78 is 0. The van der Waals surface area contributed by atoms with Crippen molar-refractivity contribution in [2.75, 3.05) is 11.9 Å². The van der Waals surface area contributed by atoms with Crippen LogP contribution in [0, 0.1) is 5.92 Å². The first-order chi connectivity index (χ1) is 18.3. The lowest BCUT2D eigenvalue weighted by Crippen LogP contribution is -2.51. The highest BCUT2D eigenvalue weighted by Crippen LogP contribution is 2.33. The molecular weight excluding hydrogens is 472 g/mol. The summed E-state index contributed by atoms with van der Waals surface area (Å²) in [7, 11) is 0. The predicted octanol–water partition coefficient (Wildman–Crippen LogP) is 7.41. The monoisotopic (exact) mass is 516 g/mol. The van der Waals surface area contributed by atoms with E-state index in [0.29, 0.717) is 12.5 Å². The number of aromatic amines is 1. The van der Waals surface area contributed by atoms with Crippen LogP contribution in [0.1, 0.15) is 101 Å². The number of fused-ring (bicyclic) bond motifs is 1. The summed E-state index contributed by atoms with van der Waals surface area (Å²) in [6, 6.07) is 13.2. The van der Waals surface area contributed by atoms with Gasteiger partial charge in [-0.1, -0.05) is 90.3 Å². The average Bonchev–Trinajstić information content (AvgIpc) is 3.34. The Labute approximate surface area is 227 Å². The average molecular weight is 517 g/mol. The van der Waals surface area contributed by atoms with Crippen molar-refractivity contribution in [3.8, 4) is 0 Å². The van der Waals surface area contributed by atoms with Crippen molar-refractivity contribution in [3.63, 3.8) is 0 Å². The molecule has 1 aliphatic carbocycles. The molecule has 6 nitrogen and oxygen atoms in total. The molecule has 0 saturated heterocycles. The molecule has 0 spiro atoms. The van der Waals surface area contributed by atoms with Crippen LogP contribution < -0.4 is 16.0 Å². The van der Waals surface area contributed by atoms with E-state index >= 15 is 0 Å². The van der Waals surface area contributed by atoms with Gasteiger partial charge in [0.25, 0.3) is 0 Å². The Morgan fingerprint density at radius 1 is 0.868 bits per heavy atom. The summed E-state index contributed by atoms with van der Waals surface area (Å²) in [6.07, 6.45) is 8.00. The van der Waals surface area contributed by atoms with E-state index in [2.05, 4.69) is 66.8 Å². The summed E-state index contributed by atoms with van der Waals surface area (Å²) in [4.78, 5) is 30.5. The highest BCUT2D eigenvalue weighted by molar-refractivity contribution is 5.96. The van der Waals surface area contributed by atoms with E-state index in [9.17, 15) is 9.59 Å². The standard InChI is InChI=1S/C32H44N4O2/c1-20(2)24-15-11-16-25(21(3)4)30(24)36-32(38)35-29(31(37)34-18-23-12-7-6-8-13-23)22(5)27-19-33-28-17-10-9-14-26(27)28/h9-11,14-17,19-23,29,33H,6-8,12-13,18H2,1-5H3,(H,34,37)(H2,35,36,38). The number of urea groups is 1. The van der Waals surface area contributed by atoms with Crippen molar-refractivity contribution in [1.29, 1.82) is 0 Å². The fourth-order valence-electron chi connectivity index (χ4n) is 5.80. The van der Waals surface area contributed by atoms with Crippen molar-refractivity contribution >= 4 is 28.5 Å². The van der Waals surface area contributed by atoms with Crippen LogP contribution in [0.4, 0.5) is 10.5 Å². The third kappa shape index (κ3) is 6.40. The van der Waals surface area contributed by atoms with Crippen molar-refractivity contribution in [3.05, 3.63) is 65.4 Å². The van der Waals surface area contributed by atoms with Crippen LogP contribution in [0.25, 0.3) is 10.9 Å². The first kappa shape index (κ1) is 27.7. The number of hydrogen-bond donors (Lipinski definition) is 4. The van der Waals surface area contributed by atoms with Gasteiger partial charge in [0, 0.05) is 35.2 Å². The summed E-state index contributed by atoms with van der Waals surface area (Å²) >= 11 is 0. The number of anilines is 1. The number of para-hydroxylation sites is 2. The van der Waals surface area contributed by atoms with Gasteiger partial charge in [0.1, 0.15) is 6.04 Å². The van der Waals surface area contributed by atoms with Gasteiger partial charge in [0.15, 0.2) is 0 Å². The van der Waals surface area contributed by atoms with Crippen LogP contribution in [0.2, 0.25) is 0 Å². The molecule has 1 heterocycles. The molecular formula is C32H44N4O2. The van der Waals surface area contributed by atoms with Crippen molar-refractivity contribution < 1.29 is 9.59 Å². The first-order valence-corrected chi connectivity index (χ1v) is 14.3. The van der Waals surface area contributed by atoms with Gasteiger partial charge in [-0.3, -0.25) is 4.79 Å². The zero-order chi connectivity index (χ0) is 27.2. The molecule has 1 aromatic heterocycles. The van der Waals surface area contributed by atoms with Crippen molar-refractivity contribution in [2.24, 2.45) is 5.92 Å². The first-order valence-electron chi connectivity index (χ1n) is 14.3. The van der Waals surface area contributed by atoms with Crippen molar-refractivity contribution in [1.82, 2.24) is 15.6 Å². The summed E-state index contributed by atoms with van der Waals surface area (Å²) in [5.41, 5.74) is 5.07. The summed E-state index contributed by atoms with van der Waals surface area (Å²) in [5, 5.41) is 10.4. The van der Waals surface area contributed by atoms with Gasteiger partial charge < -0.3 is 20.9 Å². The molecule has 1 aliphatic rings. The third-order valence-corrected chi connectivity index (χ3v) is 8.08. The second kappa shape index (κ2) is 12.5. The van der Waals surface area contributed by atoms with E-state index < -0.39 is 6.04 Å². The number of hydrogen-bond acceptors (Lipinski definition) is 2. The molecule has 0 radical (unpaired) electrons. The van der Waals surface area contributed by atoms with E-state index in [-0.39, 0.29) is 29.7 Å². The Balaban J connectivity index is 1.58. The lowest BCUT2D eigenvalue weighted by atomic mass is 9.88. The van der Waals surface area contributed by atoms with Gasteiger partial charge >= 0.3 is 6.03 Å². The van der Waals surface area contributed by atoms with Gasteiger partial charge in [-0.15, -0.1) is 0 Å². The zero-order valence-corrected chi connectivity index (χ0v) is 23.6. The molecule has 1 fully saturated rings. The molecule has 204 valence electrons. The van der Waals surface area contributed by atoms with Crippen LogP contribution in [0.15, 0.2) is 48.7 Å². The highest BCUT2D eigenvalue weighted by Gasteiger charge is 2.31. The van der Waals surface area contributed by atoms with Crippen LogP contribution >= 0.6 is 0 Å². The molecule has 3 aromatic rings. The normalized spacial score (nSPS) is 16.0. The lowest BCUT2D eigenvalue weighted by Gasteiger charge is -2.28. The maximum absolute atomic E-state index is 13.6. The molecule has 2 aromatic carbocycles. The minimum Gasteiger partial charge on any atom is -0.361 e. The number of carbonyl (C=O) groups excluding carboxylic acids is 2. The number of H-pyrrole nitrogens is 1. The third-order valence-electron chi connectivity index (χ3n) is 8.08. The van der Waals surface area contributed by atoms with E-state index in [0.717, 1.165) is 46.1 Å².